The van der Waals surface area contributed by atoms with E-state index in [9.17, 15) is 4.39 Å². The Morgan fingerprint density at radius 3 is 2.75 bits per heavy atom. The van der Waals surface area contributed by atoms with E-state index in [1.54, 1.807) is 12.1 Å². The van der Waals surface area contributed by atoms with Crippen LogP contribution < -0.4 is 0 Å². The first-order chi connectivity index (χ1) is 5.70. The van der Waals surface area contributed by atoms with Crippen molar-refractivity contribution in [3.63, 3.8) is 0 Å². The third kappa shape index (κ3) is 2.99. The minimum absolute atomic E-state index is 0.170. The van der Waals surface area contributed by atoms with Gasteiger partial charge in [0.15, 0.2) is 0 Å². The zero-order chi connectivity index (χ0) is 8.97. The van der Waals surface area contributed by atoms with Gasteiger partial charge in [-0.1, -0.05) is 34.6 Å². The Hall–Kier alpha value is -0.280. The lowest BCUT2D eigenvalue weighted by Gasteiger charge is -2.00. The molecule has 64 valence electrons. The van der Waals surface area contributed by atoms with Gasteiger partial charge in [-0.05, 0) is 16.6 Å². The van der Waals surface area contributed by atoms with E-state index in [4.69, 9.17) is 0 Å². The summed E-state index contributed by atoms with van der Waals surface area (Å²) in [5, 5.41) is 0. The molecule has 0 atom stereocenters. The quantitative estimate of drug-likeness (QED) is 0.731. The van der Waals surface area contributed by atoms with Crippen LogP contribution in [0.25, 0.3) is 0 Å². The van der Waals surface area contributed by atoms with Gasteiger partial charge in [0.1, 0.15) is 5.82 Å². The fraction of sp³-hybridized carbons (Fsp3) is 0.111. The van der Waals surface area contributed by atoms with Gasteiger partial charge in [-0.3, -0.25) is 0 Å². The standard InChI is InChI=1S/C9H8BrFS/c1-7(10)6-12-9-5-3-2-4-8(9)11/h2-5H,1,6H2. The highest BCUT2D eigenvalue weighted by atomic mass is 79.9. The van der Waals surface area contributed by atoms with Crippen molar-refractivity contribution >= 4 is 27.7 Å². The first-order valence-electron chi connectivity index (χ1n) is 3.41. The monoisotopic (exact) mass is 246 g/mol. The molecular formula is C9H8BrFS. The van der Waals surface area contributed by atoms with Crippen LogP contribution in [0.4, 0.5) is 4.39 Å². The molecule has 12 heavy (non-hydrogen) atoms. The topological polar surface area (TPSA) is 0 Å². The highest BCUT2D eigenvalue weighted by Crippen LogP contribution is 2.24. The van der Waals surface area contributed by atoms with Crippen LogP contribution in [0.2, 0.25) is 0 Å². The highest BCUT2D eigenvalue weighted by molar-refractivity contribution is 9.11. The molecule has 0 nitrogen and oxygen atoms in total. The molecule has 0 saturated carbocycles. The first kappa shape index (κ1) is 9.81. The Morgan fingerprint density at radius 1 is 1.50 bits per heavy atom. The molecule has 1 rings (SSSR count). The summed E-state index contributed by atoms with van der Waals surface area (Å²) in [6.45, 7) is 3.67. The van der Waals surface area contributed by atoms with Crippen molar-refractivity contribution < 1.29 is 4.39 Å². The molecule has 0 aliphatic rings. The molecule has 0 unspecified atom stereocenters. The molecule has 3 heteroatoms. The van der Waals surface area contributed by atoms with Gasteiger partial charge in [0, 0.05) is 10.6 Å². The fourth-order valence-corrected chi connectivity index (χ4v) is 1.75. The van der Waals surface area contributed by atoms with Gasteiger partial charge in [0.25, 0.3) is 0 Å². The molecule has 0 radical (unpaired) electrons. The summed E-state index contributed by atoms with van der Waals surface area (Å²) >= 11 is 4.65. The Morgan fingerprint density at radius 2 is 2.17 bits per heavy atom. The maximum Gasteiger partial charge on any atom is 0.136 e. The molecule has 0 spiro atoms. The fourth-order valence-electron chi connectivity index (χ4n) is 0.718. The average Bonchev–Trinajstić information content (AvgIpc) is 2.03. The lowest BCUT2D eigenvalue weighted by atomic mass is 10.3. The molecule has 1 aromatic rings. The molecular weight excluding hydrogens is 239 g/mol. The summed E-state index contributed by atoms with van der Waals surface area (Å²) in [5.41, 5.74) is 0. The SMILES string of the molecule is C=C(Br)CSc1ccccc1F. The second-order valence-corrected chi connectivity index (χ2v) is 4.38. The molecule has 0 saturated heterocycles. The van der Waals surface area contributed by atoms with Crippen molar-refractivity contribution in [2.45, 2.75) is 4.90 Å². The van der Waals surface area contributed by atoms with Crippen LogP contribution in [0, 0.1) is 5.82 Å². The summed E-state index contributed by atoms with van der Waals surface area (Å²) in [6, 6.07) is 6.72. The molecule has 0 N–H and O–H groups in total. The number of hydrogen-bond donors (Lipinski definition) is 0. The summed E-state index contributed by atoms with van der Waals surface area (Å²) in [4.78, 5) is 0.665. The smallest absolute Gasteiger partial charge is 0.136 e. The van der Waals surface area contributed by atoms with Crippen LogP contribution in [0.1, 0.15) is 0 Å². The number of halogens is 2. The molecule has 0 aliphatic carbocycles. The van der Waals surface area contributed by atoms with E-state index >= 15 is 0 Å². The second kappa shape index (κ2) is 4.67. The summed E-state index contributed by atoms with van der Waals surface area (Å²) in [5.74, 6) is 0.525. The molecule has 0 heterocycles. The van der Waals surface area contributed by atoms with Gasteiger partial charge in [-0.25, -0.2) is 4.39 Å². The molecule has 0 amide bonds. The molecule has 1 aromatic carbocycles. The highest BCUT2D eigenvalue weighted by Gasteiger charge is 2.00. The van der Waals surface area contributed by atoms with Crippen LogP contribution in [-0.2, 0) is 0 Å². The van der Waals surface area contributed by atoms with E-state index < -0.39 is 0 Å². The average molecular weight is 247 g/mol. The van der Waals surface area contributed by atoms with E-state index in [2.05, 4.69) is 22.5 Å². The molecule has 0 aromatic heterocycles. The van der Waals surface area contributed by atoms with Crippen molar-refractivity contribution in [3.05, 3.63) is 41.1 Å². The van der Waals surface area contributed by atoms with Crippen molar-refractivity contribution in [3.8, 4) is 0 Å². The van der Waals surface area contributed by atoms with Gasteiger partial charge in [-0.15, -0.1) is 11.8 Å². The van der Waals surface area contributed by atoms with Gasteiger partial charge in [-0.2, -0.15) is 0 Å². The molecule has 0 aliphatic heterocycles. The van der Waals surface area contributed by atoms with Crippen molar-refractivity contribution in [1.82, 2.24) is 0 Å². The van der Waals surface area contributed by atoms with E-state index in [0.29, 0.717) is 10.6 Å². The predicted molar refractivity (Wildman–Crippen MR) is 55.2 cm³/mol. The minimum atomic E-state index is -0.170. The second-order valence-electron chi connectivity index (χ2n) is 2.24. The van der Waals surface area contributed by atoms with Crippen LogP contribution in [-0.4, -0.2) is 5.75 Å². The van der Waals surface area contributed by atoms with E-state index in [1.165, 1.54) is 17.8 Å². The number of hydrogen-bond acceptors (Lipinski definition) is 1. The Balaban J connectivity index is 2.63. The third-order valence-corrected chi connectivity index (χ3v) is 3.01. The van der Waals surface area contributed by atoms with Gasteiger partial charge < -0.3 is 0 Å². The Kier molecular flexibility index (Phi) is 3.82. The zero-order valence-corrected chi connectivity index (χ0v) is 8.79. The lowest BCUT2D eigenvalue weighted by molar-refractivity contribution is 0.602. The number of rotatable bonds is 3. The summed E-state index contributed by atoms with van der Waals surface area (Å²) in [6.07, 6.45) is 0. The van der Waals surface area contributed by atoms with Crippen LogP contribution >= 0.6 is 27.7 Å². The first-order valence-corrected chi connectivity index (χ1v) is 5.18. The third-order valence-electron chi connectivity index (χ3n) is 1.22. The number of benzene rings is 1. The zero-order valence-electron chi connectivity index (χ0n) is 6.39. The largest absolute Gasteiger partial charge is 0.206 e. The summed E-state index contributed by atoms with van der Waals surface area (Å²) in [7, 11) is 0. The normalized spacial score (nSPS) is 9.83. The van der Waals surface area contributed by atoms with E-state index in [1.807, 2.05) is 6.07 Å². The van der Waals surface area contributed by atoms with Gasteiger partial charge in [0.05, 0.1) is 0 Å². The minimum Gasteiger partial charge on any atom is -0.206 e. The van der Waals surface area contributed by atoms with Crippen LogP contribution in [0.15, 0.2) is 40.2 Å². The lowest BCUT2D eigenvalue weighted by Crippen LogP contribution is -1.81. The summed E-state index contributed by atoms with van der Waals surface area (Å²) < 4.78 is 13.8. The van der Waals surface area contributed by atoms with E-state index in [0.717, 1.165) is 4.48 Å². The van der Waals surface area contributed by atoms with Crippen molar-refractivity contribution in [2.24, 2.45) is 0 Å². The molecule has 0 bridgehead atoms. The Labute approximate surface area is 84.0 Å². The van der Waals surface area contributed by atoms with Gasteiger partial charge >= 0.3 is 0 Å². The molecule has 0 fully saturated rings. The maximum atomic E-state index is 13.0. The predicted octanol–water partition coefficient (Wildman–Crippen LogP) is 3.83. The number of thioether (sulfide) groups is 1. The maximum absolute atomic E-state index is 13.0. The van der Waals surface area contributed by atoms with Crippen molar-refractivity contribution in [2.75, 3.05) is 5.75 Å². The Bertz CT molecular complexity index is 286. The van der Waals surface area contributed by atoms with Crippen LogP contribution in [0.3, 0.4) is 0 Å². The van der Waals surface area contributed by atoms with Gasteiger partial charge in [0.2, 0.25) is 0 Å². The van der Waals surface area contributed by atoms with Crippen LogP contribution in [0.5, 0.6) is 0 Å². The van der Waals surface area contributed by atoms with E-state index in [-0.39, 0.29) is 5.82 Å². The van der Waals surface area contributed by atoms with Crippen molar-refractivity contribution in [1.29, 1.82) is 0 Å².